The van der Waals surface area contributed by atoms with E-state index in [1.807, 2.05) is 60.0 Å². The molecule has 1 aromatic heterocycles. The topological polar surface area (TPSA) is 65.8 Å². The van der Waals surface area contributed by atoms with Crippen LogP contribution in [0.1, 0.15) is 10.9 Å². The fraction of sp³-hybridized carbons (Fsp3) is 0.0556. The summed E-state index contributed by atoms with van der Waals surface area (Å²) in [4.78, 5) is 16.8. The van der Waals surface area contributed by atoms with Crippen molar-refractivity contribution in [3.05, 3.63) is 71.1 Å². The molecule has 3 aromatic rings. The van der Waals surface area contributed by atoms with Crippen LogP contribution in [0.25, 0.3) is 11.3 Å². The van der Waals surface area contributed by atoms with Gasteiger partial charge < -0.3 is 5.32 Å². The maximum absolute atomic E-state index is 12.3. The van der Waals surface area contributed by atoms with E-state index >= 15 is 0 Å². The van der Waals surface area contributed by atoms with Crippen LogP contribution in [-0.4, -0.2) is 10.9 Å². The van der Waals surface area contributed by atoms with Crippen LogP contribution in [0, 0.1) is 11.3 Å². The van der Waals surface area contributed by atoms with Crippen molar-refractivity contribution in [2.75, 3.05) is 5.32 Å². The number of rotatable bonds is 4. The van der Waals surface area contributed by atoms with E-state index in [0.717, 1.165) is 11.3 Å². The fourth-order valence-corrected chi connectivity index (χ4v) is 2.99. The van der Waals surface area contributed by atoms with Gasteiger partial charge in [-0.25, -0.2) is 4.98 Å². The molecule has 0 saturated carbocycles. The Labute approximate surface area is 138 Å². The molecule has 5 heteroatoms. The molecule has 2 aromatic carbocycles. The molecule has 3 rings (SSSR count). The first-order valence-electron chi connectivity index (χ1n) is 7.04. The Morgan fingerprint density at radius 3 is 2.39 bits per heavy atom. The fourth-order valence-electron chi connectivity index (χ4n) is 2.12. The summed E-state index contributed by atoms with van der Waals surface area (Å²) < 4.78 is 0. The number of para-hydroxylation sites is 1. The van der Waals surface area contributed by atoms with Crippen LogP contribution in [0.4, 0.5) is 5.69 Å². The maximum atomic E-state index is 12.3. The lowest BCUT2D eigenvalue weighted by molar-refractivity contribution is -0.116. The molecule has 0 aliphatic rings. The van der Waals surface area contributed by atoms with Crippen molar-refractivity contribution in [3.8, 4) is 17.3 Å². The highest BCUT2D eigenvalue weighted by Crippen LogP contribution is 2.27. The first-order valence-corrected chi connectivity index (χ1v) is 7.92. The number of carbonyl (C=O) groups excluding carboxylic acids is 1. The lowest BCUT2D eigenvalue weighted by atomic mass is 10.1. The van der Waals surface area contributed by atoms with Gasteiger partial charge in [-0.05, 0) is 12.1 Å². The molecule has 0 aliphatic heterocycles. The zero-order valence-electron chi connectivity index (χ0n) is 12.1. The molecule has 0 spiro atoms. The predicted molar refractivity (Wildman–Crippen MR) is 91.0 cm³/mol. The number of nitriles is 1. The van der Waals surface area contributed by atoms with Crippen LogP contribution in [0.5, 0.6) is 0 Å². The van der Waals surface area contributed by atoms with Gasteiger partial charge in [-0.2, -0.15) is 5.26 Å². The quantitative estimate of drug-likeness (QED) is 0.788. The third-order valence-electron chi connectivity index (χ3n) is 3.27. The SMILES string of the molecule is N#C[C@H](C(=O)Nc1ccccc1)c1nc(-c2ccccc2)cs1. The second-order valence-electron chi connectivity index (χ2n) is 4.85. The summed E-state index contributed by atoms with van der Waals surface area (Å²) in [6.45, 7) is 0. The average Bonchev–Trinajstić information content (AvgIpc) is 3.07. The number of nitrogens with zero attached hydrogens (tertiary/aromatic N) is 2. The van der Waals surface area contributed by atoms with E-state index in [2.05, 4.69) is 10.3 Å². The molecule has 1 atom stereocenters. The number of carbonyl (C=O) groups is 1. The predicted octanol–water partition coefficient (Wildman–Crippen LogP) is 4.06. The summed E-state index contributed by atoms with van der Waals surface area (Å²) in [5.41, 5.74) is 2.41. The molecular formula is C18H13N3OS. The molecule has 1 N–H and O–H groups in total. The van der Waals surface area contributed by atoms with Crippen molar-refractivity contribution in [1.29, 1.82) is 5.26 Å². The number of nitrogens with one attached hydrogen (secondary N) is 1. The zero-order valence-corrected chi connectivity index (χ0v) is 13.0. The molecule has 1 amide bonds. The van der Waals surface area contributed by atoms with E-state index in [-0.39, 0.29) is 5.91 Å². The minimum Gasteiger partial charge on any atom is -0.325 e. The molecule has 23 heavy (non-hydrogen) atoms. The van der Waals surface area contributed by atoms with Crippen molar-refractivity contribution in [3.63, 3.8) is 0 Å². The Morgan fingerprint density at radius 1 is 1.09 bits per heavy atom. The smallest absolute Gasteiger partial charge is 0.248 e. The molecule has 0 saturated heterocycles. The third-order valence-corrected chi connectivity index (χ3v) is 4.18. The van der Waals surface area contributed by atoms with Crippen LogP contribution < -0.4 is 5.32 Å². The van der Waals surface area contributed by atoms with Gasteiger partial charge in [-0.1, -0.05) is 48.5 Å². The van der Waals surface area contributed by atoms with E-state index < -0.39 is 5.92 Å². The van der Waals surface area contributed by atoms with Gasteiger partial charge in [0.2, 0.25) is 5.91 Å². The monoisotopic (exact) mass is 319 g/mol. The van der Waals surface area contributed by atoms with E-state index in [4.69, 9.17) is 0 Å². The zero-order chi connectivity index (χ0) is 16.1. The molecule has 0 bridgehead atoms. The minimum atomic E-state index is -0.919. The molecule has 0 fully saturated rings. The second kappa shape index (κ2) is 6.86. The molecule has 4 nitrogen and oxygen atoms in total. The van der Waals surface area contributed by atoms with E-state index in [1.165, 1.54) is 11.3 Å². The maximum Gasteiger partial charge on any atom is 0.248 e. The Kier molecular flexibility index (Phi) is 4.46. The first-order chi connectivity index (χ1) is 11.3. The van der Waals surface area contributed by atoms with Crippen molar-refractivity contribution in [2.45, 2.75) is 5.92 Å². The molecule has 0 unspecified atom stereocenters. The Morgan fingerprint density at radius 2 is 1.74 bits per heavy atom. The summed E-state index contributed by atoms with van der Waals surface area (Å²) in [6, 6.07) is 20.8. The Bertz CT molecular complexity index is 837. The molecule has 0 aliphatic carbocycles. The molecule has 112 valence electrons. The first kappa shape index (κ1) is 14.9. The van der Waals surface area contributed by atoms with Crippen LogP contribution in [0.3, 0.4) is 0 Å². The number of hydrogen-bond acceptors (Lipinski definition) is 4. The van der Waals surface area contributed by atoms with Gasteiger partial charge >= 0.3 is 0 Å². The Balaban J connectivity index is 1.80. The van der Waals surface area contributed by atoms with Crippen LogP contribution in [-0.2, 0) is 4.79 Å². The lowest BCUT2D eigenvalue weighted by Crippen LogP contribution is -2.19. The summed E-state index contributed by atoms with van der Waals surface area (Å²) in [7, 11) is 0. The van der Waals surface area contributed by atoms with Crippen LogP contribution >= 0.6 is 11.3 Å². The lowest BCUT2D eigenvalue weighted by Gasteiger charge is -2.07. The third kappa shape index (κ3) is 3.44. The second-order valence-corrected chi connectivity index (χ2v) is 5.74. The van der Waals surface area contributed by atoms with Crippen LogP contribution in [0.15, 0.2) is 66.0 Å². The molecule has 1 heterocycles. The minimum absolute atomic E-state index is 0.368. The van der Waals surface area contributed by atoms with Gasteiger partial charge in [0.05, 0.1) is 11.8 Å². The number of aromatic nitrogens is 1. The van der Waals surface area contributed by atoms with E-state index in [1.54, 1.807) is 12.1 Å². The normalized spacial score (nSPS) is 11.4. The van der Waals surface area contributed by atoms with Crippen LogP contribution in [0.2, 0.25) is 0 Å². The van der Waals surface area contributed by atoms with Gasteiger partial charge in [0.15, 0.2) is 5.92 Å². The average molecular weight is 319 g/mol. The van der Waals surface area contributed by atoms with Gasteiger partial charge in [-0.3, -0.25) is 4.79 Å². The van der Waals surface area contributed by atoms with Crippen molar-refractivity contribution in [1.82, 2.24) is 4.98 Å². The van der Waals surface area contributed by atoms with E-state index in [9.17, 15) is 10.1 Å². The van der Waals surface area contributed by atoms with Gasteiger partial charge in [0.25, 0.3) is 0 Å². The summed E-state index contributed by atoms with van der Waals surface area (Å²) in [5, 5.41) is 14.5. The van der Waals surface area contributed by atoms with Gasteiger partial charge in [0.1, 0.15) is 5.01 Å². The standard InChI is InChI=1S/C18H13N3OS/c19-11-15(17(22)20-14-9-5-2-6-10-14)18-21-16(12-23-18)13-7-3-1-4-8-13/h1-10,12,15H,(H,20,22)/t15-/m1/s1. The number of amides is 1. The number of hydrogen-bond donors (Lipinski definition) is 1. The summed E-state index contributed by atoms with van der Waals surface area (Å²) in [5.74, 6) is -1.29. The van der Waals surface area contributed by atoms with Crippen molar-refractivity contribution in [2.24, 2.45) is 0 Å². The molecular weight excluding hydrogens is 306 g/mol. The summed E-state index contributed by atoms with van der Waals surface area (Å²) >= 11 is 1.32. The highest BCUT2D eigenvalue weighted by molar-refractivity contribution is 7.10. The van der Waals surface area contributed by atoms with Gasteiger partial charge in [-0.15, -0.1) is 11.3 Å². The van der Waals surface area contributed by atoms with E-state index in [0.29, 0.717) is 10.7 Å². The summed E-state index contributed by atoms with van der Waals surface area (Å²) in [6.07, 6.45) is 0. The largest absolute Gasteiger partial charge is 0.325 e. The number of anilines is 1. The number of benzene rings is 2. The Hall–Kier alpha value is -2.97. The van der Waals surface area contributed by atoms with Crippen molar-refractivity contribution >= 4 is 22.9 Å². The molecule has 0 radical (unpaired) electrons. The highest BCUT2D eigenvalue weighted by Gasteiger charge is 2.24. The number of thiazole rings is 1. The van der Waals surface area contributed by atoms with Gasteiger partial charge in [0, 0.05) is 16.6 Å². The highest BCUT2D eigenvalue weighted by atomic mass is 32.1. The van der Waals surface area contributed by atoms with Crippen molar-refractivity contribution < 1.29 is 4.79 Å².